The lowest BCUT2D eigenvalue weighted by Gasteiger charge is -2.29. The first-order valence-corrected chi connectivity index (χ1v) is 6.23. The molecule has 1 N–H and O–H groups in total. The number of amides is 1. The molecule has 1 rings (SSSR count). The summed E-state index contributed by atoms with van der Waals surface area (Å²) in [6, 6.07) is 1.88. The molecule has 8 heteroatoms. The van der Waals surface area contributed by atoms with Crippen LogP contribution in [0.15, 0.2) is 0 Å². The van der Waals surface area contributed by atoms with E-state index in [1.807, 2.05) is 6.07 Å². The van der Waals surface area contributed by atoms with Crippen LogP contribution in [0.25, 0.3) is 0 Å². The van der Waals surface area contributed by atoms with Gasteiger partial charge in [0.05, 0.1) is 12.6 Å². The molecule has 1 aliphatic heterocycles. The van der Waals surface area contributed by atoms with E-state index in [2.05, 4.69) is 5.32 Å². The third kappa shape index (κ3) is 2.91. The fourth-order valence-corrected chi connectivity index (χ4v) is 2.65. The molecule has 1 fully saturated rings. The van der Waals surface area contributed by atoms with Crippen LogP contribution >= 0.6 is 0 Å². The lowest BCUT2D eigenvalue weighted by Crippen LogP contribution is -2.53. The highest BCUT2D eigenvalue weighted by Gasteiger charge is 2.30. The van der Waals surface area contributed by atoms with E-state index in [-0.39, 0.29) is 32.0 Å². The van der Waals surface area contributed by atoms with Crippen LogP contribution in [0.4, 0.5) is 0 Å². The van der Waals surface area contributed by atoms with Gasteiger partial charge in [-0.05, 0) is 0 Å². The van der Waals surface area contributed by atoms with Crippen LogP contribution < -0.4 is 5.32 Å². The van der Waals surface area contributed by atoms with Crippen LogP contribution in [-0.2, 0) is 15.0 Å². The summed E-state index contributed by atoms with van der Waals surface area (Å²) >= 11 is 0. The minimum absolute atomic E-state index is 0.135. The summed E-state index contributed by atoms with van der Waals surface area (Å²) in [7, 11) is -2.21. The predicted octanol–water partition coefficient (Wildman–Crippen LogP) is -1.49. The Morgan fingerprint density at radius 2 is 2.31 bits per heavy atom. The van der Waals surface area contributed by atoms with E-state index < -0.39 is 10.2 Å². The molecule has 0 aromatic rings. The standard InChI is InChI=1S/C8H14N4O3S/c1-11(5-2-3-9)16(14,15)12-6-4-10-8(13)7-12/h2,4-7H2,1H3,(H,10,13). The Kier molecular flexibility index (Phi) is 4.23. The fraction of sp³-hybridized carbons (Fsp3) is 0.750. The average molecular weight is 246 g/mol. The molecular weight excluding hydrogens is 232 g/mol. The number of carbonyl (C=O) groups is 1. The Labute approximate surface area is 94.8 Å². The first kappa shape index (κ1) is 12.9. The summed E-state index contributed by atoms with van der Waals surface area (Å²) in [5.41, 5.74) is 0. The molecule has 0 bridgehead atoms. The maximum atomic E-state index is 11.9. The Hall–Kier alpha value is -1.17. The largest absolute Gasteiger partial charge is 0.354 e. The molecule has 16 heavy (non-hydrogen) atoms. The normalized spacial score (nSPS) is 18.2. The summed E-state index contributed by atoms with van der Waals surface area (Å²) in [5, 5.41) is 10.9. The van der Waals surface area contributed by atoms with Crippen molar-refractivity contribution in [2.24, 2.45) is 0 Å². The number of carbonyl (C=O) groups excluding carboxylic acids is 1. The van der Waals surface area contributed by atoms with E-state index in [0.717, 1.165) is 8.61 Å². The van der Waals surface area contributed by atoms with Crippen molar-refractivity contribution < 1.29 is 13.2 Å². The van der Waals surface area contributed by atoms with Crippen molar-refractivity contribution in [3.05, 3.63) is 0 Å². The molecule has 0 aromatic carbocycles. The van der Waals surface area contributed by atoms with Crippen LogP contribution in [0, 0.1) is 11.3 Å². The average Bonchev–Trinajstić information content (AvgIpc) is 2.25. The molecule has 0 aliphatic carbocycles. The maximum Gasteiger partial charge on any atom is 0.282 e. The van der Waals surface area contributed by atoms with E-state index in [4.69, 9.17) is 5.26 Å². The number of nitrogens with zero attached hydrogens (tertiary/aromatic N) is 3. The molecule has 0 spiro atoms. The quantitative estimate of drug-likeness (QED) is 0.654. The smallest absolute Gasteiger partial charge is 0.282 e. The summed E-state index contributed by atoms with van der Waals surface area (Å²) in [6.07, 6.45) is 0.135. The van der Waals surface area contributed by atoms with Gasteiger partial charge in [0, 0.05) is 33.1 Å². The highest BCUT2D eigenvalue weighted by molar-refractivity contribution is 7.86. The van der Waals surface area contributed by atoms with Crippen molar-refractivity contribution >= 4 is 16.1 Å². The zero-order chi connectivity index (χ0) is 12.2. The highest BCUT2D eigenvalue weighted by atomic mass is 32.2. The number of hydrogen-bond donors (Lipinski definition) is 1. The monoisotopic (exact) mass is 246 g/mol. The molecule has 0 atom stereocenters. The van der Waals surface area contributed by atoms with Gasteiger partial charge in [0.25, 0.3) is 10.2 Å². The topological polar surface area (TPSA) is 93.5 Å². The summed E-state index contributed by atoms with van der Waals surface area (Å²) < 4.78 is 26.0. The number of nitriles is 1. The van der Waals surface area contributed by atoms with Crippen molar-refractivity contribution in [3.8, 4) is 6.07 Å². The second-order valence-corrected chi connectivity index (χ2v) is 5.46. The van der Waals surface area contributed by atoms with Crippen molar-refractivity contribution in [1.82, 2.24) is 13.9 Å². The third-order valence-electron chi connectivity index (χ3n) is 2.26. The van der Waals surface area contributed by atoms with Gasteiger partial charge < -0.3 is 5.32 Å². The summed E-state index contributed by atoms with van der Waals surface area (Å²) in [6.45, 7) is 0.575. The molecular formula is C8H14N4O3S. The molecule has 1 aliphatic rings. The number of hydrogen-bond acceptors (Lipinski definition) is 4. The van der Waals surface area contributed by atoms with Gasteiger partial charge in [-0.1, -0.05) is 0 Å². The Bertz CT molecular complexity index is 400. The van der Waals surface area contributed by atoms with Gasteiger partial charge in [-0.15, -0.1) is 0 Å². The van der Waals surface area contributed by atoms with Gasteiger partial charge in [-0.3, -0.25) is 4.79 Å². The second-order valence-electron chi connectivity index (χ2n) is 3.42. The van der Waals surface area contributed by atoms with Crippen LogP contribution in [0.5, 0.6) is 0 Å². The number of rotatable bonds is 4. The van der Waals surface area contributed by atoms with Crippen molar-refractivity contribution in [2.45, 2.75) is 6.42 Å². The van der Waals surface area contributed by atoms with Crippen molar-refractivity contribution in [3.63, 3.8) is 0 Å². The third-order valence-corrected chi connectivity index (χ3v) is 4.20. The van der Waals surface area contributed by atoms with Gasteiger partial charge in [-0.25, -0.2) is 0 Å². The first-order valence-electron chi connectivity index (χ1n) is 4.83. The second kappa shape index (κ2) is 5.25. The van der Waals surface area contributed by atoms with Gasteiger partial charge in [0.15, 0.2) is 0 Å². The summed E-state index contributed by atoms with van der Waals surface area (Å²) in [5.74, 6) is -0.302. The molecule has 1 heterocycles. The SMILES string of the molecule is CN(CCC#N)S(=O)(=O)N1CCNC(=O)C1. The zero-order valence-corrected chi connectivity index (χ0v) is 9.83. The van der Waals surface area contributed by atoms with Gasteiger partial charge in [-0.2, -0.15) is 22.3 Å². The Balaban J connectivity index is 2.69. The van der Waals surface area contributed by atoms with Crippen LogP contribution in [-0.4, -0.2) is 56.2 Å². The van der Waals surface area contributed by atoms with Crippen LogP contribution in [0.2, 0.25) is 0 Å². The number of piperazine rings is 1. The molecule has 0 aromatic heterocycles. The molecule has 90 valence electrons. The Morgan fingerprint density at radius 3 is 2.88 bits per heavy atom. The highest BCUT2D eigenvalue weighted by Crippen LogP contribution is 2.08. The summed E-state index contributed by atoms with van der Waals surface area (Å²) in [4.78, 5) is 11.1. The molecule has 0 unspecified atom stereocenters. The zero-order valence-electron chi connectivity index (χ0n) is 9.01. The van der Waals surface area contributed by atoms with Crippen molar-refractivity contribution in [1.29, 1.82) is 5.26 Å². The lowest BCUT2D eigenvalue weighted by molar-refractivity contribution is -0.122. The maximum absolute atomic E-state index is 11.9. The van der Waals surface area contributed by atoms with Gasteiger partial charge in [0.2, 0.25) is 5.91 Å². The molecule has 7 nitrogen and oxygen atoms in total. The van der Waals surface area contributed by atoms with E-state index in [9.17, 15) is 13.2 Å². The van der Waals surface area contributed by atoms with E-state index in [1.54, 1.807) is 0 Å². The van der Waals surface area contributed by atoms with E-state index in [1.165, 1.54) is 7.05 Å². The lowest BCUT2D eigenvalue weighted by atomic mass is 10.4. The molecule has 1 saturated heterocycles. The fourth-order valence-electron chi connectivity index (χ4n) is 1.33. The van der Waals surface area contributed by atoms with Gasteiger partial charge >= 0.3 is 0 Å². The number of nitrogens with one attached hydrogen (secondary N) is 1. The Morgan fingerprint density at radius 1 is 1.62 bits per heavy atom. The van der Waals surface area contributed by atoms with E-state index >= 15 is 0 Å². The van der Waals surface area contributed by atoms with Crippen LogP contribution in [0.3, 0.4) is 0 Å². The van der Waals surface area contributed by atoms with E-state index in [0.29, 0.717) is 6.54 Å². The van der Waals surface area contributed by atoms with Crippen LogP contribution in [0.1, 0.15) is 6.42 Å². The minimum atomic E-state index is -3.61. The molecule has 0 radical (unpaired) electrons. The van der Waals surface area contributed by atoms with Gasteiger partial charge in [0.1, 0.15) is 0 Å². The minimum Gasteiger partial charge on any atom is -0.354 e. The molecule has 1 amide bonds. The predicted molar refractivity (Wildman–Crippen MR) is 56.4 cm³/mol. The molecule has 0 saturated carbocycles. The van der Waals surface area contributed by atoms with Crippen molar-refractivity contribution in [2.75, 3.05) is 33.2 Å². The first-order chi connectivity index (χ1) is 7.48.